The van der Waals surface area contributed by atoms with Gasteiger partial charge in [-0.3, -0.25) is 0 Å². The van der Waals surface area contributed by atoms with Gasteiger partial charge in [0.1, 0.15) is 0 Å². The van der Waals surface area contributed by atoms with Crippen LogP contribution in [0, 0.1) is 13.8 Å². The lowest BCUT2D eigenvalue weighted by atomic mass is 9.96. The minimum atomic E-state index is 0.235. The molecule has 0 amide bonds. The van der Waals surface area contributed by atoms with Crippen molar-refractivity contribution < 1.29 is 4.74 Å². The first-order chi connectivity index (χ1) is 8.63. The van der Waals surface area contributed by atoms with Gasteiger partial charge in [-0.2, -0.15) is 0 Å². The summed E-state index contributed by atoms with van der Waals surface area (Å²) in [4.78, 5) is 0. The number of hydrogen-bond donors (Lipinski definition) is 1. The Morgan fingerprint density at radius 3 is 2.39 bits per heavy atom. The van der Waals surface area contributed by atoms with Gasteiger partial charge in [-0.05, 0) is 49.9 Å². The fourth-order valence-corrected chi connectivity index (χ4v) is 2.26. The second-order valence-corrected chi connectivity index (χ2v) is 4.96. The molecule has 0 spiro atoms. The molecule has 2 unspecified atom stereocenters. The Labute approximate surface area is 112 Å². The van der Waals surface area contributed by atoms with Crippen LogP contribution in [0.3, 0.4) is 0 Å². The van der Waals surface area contributed by atoms with Gasteiger partial charge >= 0.3 is 0 Å². The molecule has 1 aromatic carbocycles. The molecule has 0 saturated heterocycles. The van der Waals surface area contributed by atoms with Crippen LogP contribution in [0.5, 0.6) is 0 Å². The quantitative estimate of drug-likeness (QED) is 0.794. The van der Waals surface area contributed by atoms with Crippen LogP contribution < -0.4 is 5.32 Å². The maximum Gasteiger partial charge on any atom is 0.0763 e. The SMILES string of the molecule is CCCNC(c1ccc(C)c(C)c1)C(CC)OC. The highest BCUT2D eigenvalue weighted by Crippen LogP contribution is 2.23. The highest BCUT2D eigenvalue weighted by atomic mass is 16.5. The first-order valence-electron chi connectivity index (χ1n) is 6.97. The van der Waals surface area contributed by atoms with E-state index in [2.05, 4.69) is 51.2 Å². The van der Waals surface area contributed by atoms with Crippen molar-refractivity contribution in [2.24, 2.45) is 0 Å². The predicted molar refractivity (Wildman–Crippen MR) is 78.0 cm³/mol. The van der Waals surface area contributed by atoms with E-state index >= 15 is 0 Å². The fraction of sp³-hybridized carbons (Fsp3) is 0.625. The lowest BCUT2D eigenvalue weighted by molar-refractivity contribution is 0.0650. The van der Waals surface area contributed by atoms with Gasteiger partial charge in [-0.25, -0.2) is 0 Å². The Hall–Kier alpha value is -0.860. The van der Waals surface area contributed by atoms with Crippen molar-refractivity contribution in [2.75, 3.05) is 13.7 Å². The number of nitrogens with one attached hydrogen (secondary N) is 1. The maximum atomic E-state index is 5.62. The molecular formula is C16H27NO. The molecule has 0 aliphatic heterocycles. The standard InChI is InChI=1S/C16H27NO/c1-6-10-17-16(15(7-2)18-5)14-9-8-12(3)13(4)11-14/h8-9,11,15-17H,6-7,10H2,1-5H3. The van der Waals surface area contributed by atoms with Crippen LogP contribution in [0.2, 0.25) is 0 Å². The molecule has 1 N–H and O–H groups in total. The molecule has 2 atom stereocenters. The zero-order valence-corrected chi connectivity index (χ0v) is 12.4. The molecule has 2 heteroatoms. The molecule has 2 nitrogen and oxygen atoms in total. The highest BCUT2D eigenvalue weighted by Gasteiger charge is 2.21. The van der Waals surface area contributed by atoms with E-state index in [1.54, 1.807) is 7.11 Å². The predicted octanol–water partition coefficient (Wildman–Crippen LogP) is 3.77. The number of rotatable bonds is 7. The number of aryl methyl sites for hydroxylation is 2. The zero-order valence-electron chi connectivity index (χ0n) is 12.4. The second-order valence-electron chi connectivity index (χ2n) is 4.96. The fourth-order valence-electron chi connectivity index (χ4n) is 2.26. The zero-order chi connectivity index (χ0) is 13.5. The van der Waals surface area contributed by atoms with E-state index in [1.807, 2.05) is 0 Å². The van der Waals surface area contributed by atoms with E-state index in [1.165, 1.54) is 16.7 Å². The third-order valence-electron chi connectivity index (χ3n) is 3.58. The van der Waals surface area contributed by atoms with Gasteiger partial charge in [0.2, 0.25) is 0 Å². The van der Waals surface area contributed by atoms with Gasteiger partial charge in [-0.15, -0.1) is 0 Å². The first kappa shape index (κ1) is 15.2. The van der Waals surface area contributed by atoms with Crippen molar-refractivity contribution in [3.63, 3.8) is 0 Å². The third-order valence-corrected chi connectivity index (χ3v) is 3.58. The first-order valence-corrected chi connectivity index (χ1v) is 6.97. The Morgan fingerprint density at radius 2 is 1.89 bits per heavy atom. The summed E-state index contributed by atoms with van der Waals surface area (Å²) in [6.07, 6.45) is 2.39. The summed E-state index contributed by atoms with van der Waals surface area (Å²) in [7, 11) is 1.80. The molecule has 0 saturated carbocycles. The lowest BCUT2D eigenvalue weighted by Gasteiger charge is -2.27. The van der Waals surface area contributed by atoms with Crippen LogP contribution >= 0.6 is 0 Å². The van der Waals surface area contributed by atoms with Crippen molar-refractivity contribution in [1.29, 1.82) is 0 Å². The molecule has 0 bridgehead atoms. The average Bonchev–Trinajstić information content (AvgIpc) is 2.38. The van der Waals surface area contributed by atoms with Crippen molar-refractivity contribution in [1.82, 2.24) is 5.32 Å². The van der Waals surface area contributed by atoms with Gasteiger partial charge in [-0.1, -0.05) is 32.0 Å². The summed E-state index contributed by atoms with van der Waals surface area (Å²) in [5.74, 6) is 0. The largest absolute Gasteiger partial charge is 0.379 e. The van der Waals surface area contributed by atoms with Gasteiger partial charge in [0.05, 0.1) is 12.1 Å². The van der Waals surface area contributed by atoms with Crippen molar-refractivity contribution >= 4 is 0 Å². The monoisotopic (exact) mass is 249 g/mol. The molecule has 0 aromatic heterocycles. The Bertz CT molecular complexity index is 358. The Morgan fingerprint density at radius 1 is 1.17 bits per heavy atom. The molecule has 1 rings (SSSR count). The van der Waals surface area contributed by atoms with E-state index < -0.39 is 0 Å². The number of hydrogen-bond acceptors (Lipinski definition) is 2. The molecule has 0 heterocycles. The Balaban J connectivity index is 2.96. The molecule has 0 radical (unpaired) electrons. The molecule has 0 fully saturated rings. The van der Waals surface area contributed by atoms with Crippen LogP contribution in [0.15, 0.2) is 18.2 Å². The van der Waals surface area contributed by atoms with Crippen molar-refractivity contribution in [2.45, 2.75) is 52.7 Å². The van der Waals surface area contributed by atoms with Gasteiger partial charge in [0.15, 0.2) is 0 Å². The van der Waals surface area contributed by atoms with Gasteiger partial charge < -0.3 is 10.1 Å². The lowest BCUT2D eigenvalue weighted by Crippen LogP contribution is -2.33. The summed E-state index contributed by atoms with van der Waals surface area (Å²) in [5, 5.41) is 3.61. The summed E-state index contributed by atoms with van der Waals surface area (Å²) in [5.41, 5.74) is 4.03. The molecule has 102 valence electrons. The minimum absolute atomic E-state index is 0.235. The topological polar surface area (TPSA) is 21.3 Å². The molecular weight excluding hydrogens is 222 g/mol. The van der Waals surface area contributed by atoms with Crippen LogP contribution in [0.4, 0.5) is 0 Å². The van der Waals surface area contributed by atoms with Crippen LogP contribution in [0.1, 0.15) is 49.4 Å². The van der Waals surface area contributed by atoms with Crippen molar-refractivity contribution in [3.05, 3.63) is 34.9 Å². The Kier molecular flexibility index (Phi) is 6.37. The highest BCUT2D eigenvalue weighted by molar-refractivity contribution is 5.32. The molecule has 0 aliphatic rings. The molecule has 1 aromatic rings. The number of ether oxygens (including phenoxy) is 1. The van der Waals surface area contributed by atoms with Crippen LogP contribution in [-0.4, -0.2) is 19.8 Å². The van der Waals surface area contributed by atoms with Crippen LogP contribution in [0.25, 0.3) is 0 Å². The maximum absolute atomic E-state index is 5.62. The summed E-state index contributed by atoms with van der Waals surface area (Å²) in [6.45, 7) is 9.72. The van der Waals surface area contributed by atoms with E-state index in [0.717, 1.165) is 19.4 Å². The second kappa shape index (κ2) is 7.55. The normalized spacial score (nSPS) is 14.5. The average molecular weight is 249 g/mol. The smallest absolute Gasteiger partial charge is 0.0763 e. The van der Waals surface area contributed by atoms with Gasteiger partial charge in [0.25, 0.3) is 0 Å². The summed E-state index contributed by atoms with van der Waals surface area (Å²) >= 11 is 0. The summed E-state index contributed by atoms with van der Waals surface area (Å²) in [6, 6.07) is 6.99. The molecule has 0 aliphatic carbocycles. The van der Waals surface area contributed by atoms with E-state index in [4.69, 9.17) is 4.74 Å². The summed E-state index contributed by atoms with van der Waals surface area (Å²) < 4.78 is 5.62. The number of benzene rings is 1. The molecule has 18 heavy (non-hydrogen) atoms. The van der Waals surface area contributed by atoms with E-state index in [-0.39, 0.29) is 6.10 Å². The van der Waals surface area contributed by atoms with E-state index in [0.29, 0.717) is 6.04 Å². The van der Waals surface area contributed by atoms with E-state index in [9.17, 15) is 0 Å². The van der Waals surface area contributed by atoms with Gasteiger partial charge in [0, 0.05) is 7.11 Å². The van der Waals surface area contributed by atoms with Crippen LogP contribution in [-0.2, 0) is 4.74 Å². The third kappa shape index (κ3) is 3.82. The van der Waals surface area contributed by atoms with Crippen molar-refractivity contribution in [3.8, 4) is 0 Å². The number of methoxy groups -OCH3 is 1. The minimum Gasteiger partial charge on any atom is -0.379 e.